The van der Waals surface area contributed by atoms with Crippen LogP contribution in [0, 0.1) is 20.2 Å². The summed E-state index contributed by atoms with van der Waals surface area (Å²) in [5, 5.41) is 32.7. The summed E-state index contributed by atoms with van der Waals surface area (Å²) in [6.07, 6.45) is -1.41. The third-order valence-corrected chi connectivity index (χ3v) is 4.68. The number of nitro benzene ring substituents is 2. The van der Waals surface area contributed by atoms with Crippen molar-refractivity contribution in [2.24, 2.45) is 0 Å². The summed E-state index contributed by atoms with van der Waals surface area (Å²) in [4.78, 5) is 21.1. The Morgan fingerprint density at radius 1 is 0.957 bits per heavy atom. The molecule has 0 fully saturated rings. The number of hydrogen-bond donors (Lipinski definition) is 1. The number of halogens is 2. The van der Waals surface area contributed by atoms with Gasteiger partial charge in [0.05, 0.1) is 21.5 Å². The van der Waals surface area contributed by atoms with E-state index in [4.69, 9.17) is 0 Å². The number of benzene rings is 2. The molecule has 1 atom stereocenters. The van der Waals surface area contributed by atoms with Gasteiger partial charge in [0.15, 0.2) is 0 Å². The lowest BCUT2D eigenvalue weighted by Crippen LogP contribution is -2.08. The molecule has 7 nitrogen and oxygen atoms in total. The highest BCUT2D eigenvalue weighted by Gasteiger charge is 2.27. The Labute approximate surface area is 147 Å². The first-order valence-corrected chi connectivity index (χ1v) is 7.94. The number of rotatable bonds is 5. The second-order valence-corrected chi connectivity index (χ2v) is 6.35. The van der Waals surface area contributed by atoms with Gasteiger partial charge in [-0.25, -0.2) is 0 Å². The molecule has 0 aromatic heterocycles. The van der Waals surface area contributed by atoms with Gasteiger partial charge >= 0.3 is 0 Å². The van der Waals surface area contributed by atoms with Crippen molar-refractivity contribution < 1.29 is 15.0 Å². The molecule has 0 spiro atoms. The molecule has 0 aliphatic rings. The fourth-order valence-electron chi connectivity index (χ4n) is 2.23. The van der Waals surface area contributed by atoms with Crippen LogP contribution in [0.1, 0.15) is 17.2 Å². The van der Waals surface area contributed by atoms with Crippen molar-refractivity contribution in [1.82, 2.24) is 0 Å². The molecule has 2 aromatic carbocycles. The number of aliphatic hydroxyl groups is 1. The molecule has 0 bridgehead atoms. The summed E-state index contributed by atoms with van der Waals surface area (Å²) in [6, 6.07) is 8.78. The Kier molecular flexibility index (Phi) is 5.45. The van der Waals surface area contributed by atoms with Crippen molar-refractivity contribution >= 4 is 43.2 Å². The SMILES string of the molecule is O=[N+]([O-])c1cccc(Br)c1CC(O)c1c(Br)cccc1[N+](=O)[O-]. The fraction of sp³-hybridized carbons (Fsp3) is 0.143. The summed E-state index contributed by atoms with van der Waals surface area (Å²) < 4.78 is 0.828. The summed E-state index contributed by atoms with van der Waals surface area (Å²) >= 11 is 6.41. The number of nitro groups is 2. The van der Waals surface area contributed by atoms with Crippen LogP contribution in [0.4, 0.5) is 11.4 Å². The lowest BCUT2D eigenvalue weighted by Gasteiger charge is -2.14. The molecule has 0 heterocycles. The van der Waals surface area contributed by atoms with Crippen molar-refractivity contribution in [3.8, 4) is 0 Å². The molecule has 1 N–H and O–H groups in total. The van der Waals surface area contributed by atoms with E-state index in [1.165, 1.54) is 24.3 Å². The third kappa shape index (κ3) is 3.74. The fourth-order valence-corrected chi connectivity index (χ4v) is 3.37. The second kappa shape index (κ2) is 7.16. The molecule has 120 valence electrons. The van der Waals surface area contributed by atoms with Crippen LogP contribution in [-0.2, 0) is 6.42 Å². The van der Waals surface area contributed by atoms with Gasteiger partial charge in [0.25, 0.3) is 11.4 Å². The van der Waals surface area contributed by atoms with Gasteiger partial charge in [-0.2, -0.15) is 0 Å². The summed E-state index contributed by atoms with van der Waals surface area (Å²) in [6.45, 7) is 0. The van der Waals surface area contributed by atoms with Gasteiger partial charge in [0.2, 0.25) is 0 Å². The quantitative estimate of drug-likeness (QED) is 0.545. The zero-order valence-corrected chi connectivity index (χ0v) is 14.7. The largest absolute Gasteiger partial charge is 0.388 e. The summed E-state index contributed by atoms with van der Waals surface area (Å²) in [7, 11) is 0. The Bertz CT molecular complexity index is 782. The van der Waals surface area contributed by atoms with Crippen LogP contribution in [0.5, 0.6) is 0 Å². The van der Waals surface area contributed by atoms with E-state index in [0.717, 1.165) is 0 Å². The van der Waals surface area contributed by atoms with E-state index in [0.29, 0.717) is 8.95 Å². The van der Waals surface area contributed by atoms with Crippen molar-refractivity contribution in [3.05, 3.63) is 76.7 Å². The minimum atomic E-state index is -1.27. The van der Waals surface area contributed by atoms with Crippen LogP contribution in [0.25, 0.3) is 0 Å². The maximum Gasteiger partial charge on any atom is 0.276 e. The minimum Gasteiger partial charge on any atom is -0.388 e. The molecule has 0 radical (unpaired) electrons. The normalized spacial score (nSPS) is 12.0. The highest BCUT2D eigenvalue weighted by molar-refractivity contribution is 9.10. The molecular formula is C14H10Br2N2O5. The average molecular weight is 446 g/mol. The smallest absolute Gasteiger partial charge is 0.276 e. The first-order chi connectivity index (χ1) is 10.8. The Morgan fingerprint density at radius 3 is 2.04 bits per heavy atom. The van der Waals surface area contributed by atoms with Crippen LogP contribution in [0.3, 0.4) is 0 Å². The molecular weight excluding hydrogens is 436 g/mol. The average Bonchev–Trinajstić information content (AvgIpc) is 2.48. The van der Waals surface area contributed by atoms with Crippen molar-refractivity contribution in [2.75, 3.05) is 0 Å². The Balaban J connectivity index is 2.47. The van der Waals surface area contributed by atoms with E-state index >= 15 is 0 Å². The topological polar surface area (TPSA) is 107 Å². The zero-order valence-electron chi connectivity index (χ0n) is 11.5. The van der Waals surface area contributed by atoms with Crippen LogP contribution in [0.15, 0.2) is 45.3 Å². The van der Waals surface area contributed by atoms with E-state index in [9.17, 15) is 25.3 Å². The standard InChI is InChI=1S/C14H10Br2N2O5/c15-9-3-1-5-11(17(20)21)8(9)7-13(19)14-10(16)4-2-6-12(14)18(22)23/h1-6,13,19H,7H2. The van der Waals surface area contributed by atoms with Crippen molar-refractivity contribution in [3.63, 3.8) is 0 Å². The Hall–Kier alpha value is -1.84. The number of aliphatic hydroxyl groups excluding tert-OH is 1. The highest BCUT2D eigenvalue weighted by atomic mass is 79.9. The van der Waals surface area contributed by atoms with Crippen LogP contribution >= 0.6 is 31.9 Å². The van der Waals surface area contributed by atoms with Gasteiger partial charge in [0, 0.05) is 33.1 Å². The van der Waals surface area contributed by atoms with Gasteiger partial charge < -0.3 is 5.11 Å². The van der Waals surface area contributed by atoms with E-state index in [1.807, 2.05) is 0 Å². The van der Waals surface area contributed by atoms with Crippen molar-refractivity contribution in [1.29, 1.82) is 0 Å². The molecule has 2 rings (SSSR count). The predicted molar refractivity (Wildman–Crippen MR) is 90.3 cm³/mol. The lowest BCUT2D eigenvalue weighted by molar-refractivity contribution is -0.386. The van der Waals surface area contributed by atoms with Gasteiger partial charge in [-0.05, 0) is 12.1 Å². The molecule has 0 aliphatic carbocycles. The molecule has 1 unspecified atom stereocenters. The predicted octanol–water partition coefficient (Wildman–Crippen LogP) is 4.30. The minimum absolute atomic E-state index is 0.0857. The van der Waals surface area contributed by atoms with Crippen LogP contribution in [-0.4, -0.2) is 15.0 Å². The number of nitrogens with zero attached hydrogens (tertiary/aromatic N) is 2. The van der Waals surface area contributed by atoms with E-state index in [1.54, 1.807) is 12.1 Å². The van der Waals surface area contributed by atoms with Gasteiger partial charge in [-0.3, -0.25) is 20.2 Å². The number of hydrogen-bond acceptors (Lipinski definition) is 5. The molecule has 0 amide bonds. The van der Waals surface area contributed by atoms with Crippen molar-refractivity contribution in [2.45, 2.75) is 12.5 Å². The summed E-state index contributed by atoms with van der Waals surface area (Å²) in [5.41, 5.74) is -0.0488. The zero-order chi connectivity index (χ0) is 17.1. The van der Waals surface area contributed by atoms with Crippen LogP contribution < -0.4 is 0 Å². The molecule has 0 saturated carbocycles. The first-order valence-electron chi connectivity index (χ1n) is 6.35. The third-order valence-electron chi connectivity index (χ3n) is 3.25. The molecule has 23 heavy (non-hydrogen) atoms. The Morgan fingerprint density at radius 2 is 1.48 bits per heavy atom. The summed E-state index contributed by atoms with van der Waals surface area (Å²) in [5.74, 6) is 0. The van der Waals surface area contributed by atoms with E-state index in [-0.39, 0.29) is 28.9 Å². The van der Waals surface area contributed by atoms with Crippen LogP contribution in [0.2, 0.25) is 0 Å². The first kappa shape index (κ1) is 17.5. The van der Waals surface area contributed by atoms with Gasteiger partial charge in [-0.15, -0.1) is 0 Å². The maximum absolute atomic E-state index is 11.1. The van der Waals surface area contributed by atoms with E-state index < -0.39 is 16.0 Å². The molecule has 0 aliphatic heterocycles. The second-order valence-electron chi connectivity index (χ2n) is 4.64. The monoisotopic (exact) mass is 444 g/mol. The molecule has 9 heteroatoms. The van der Waals surface area contributed by atoms with Gasteiger partial charge in [-0.1, -0.05) is 44.0 Å². The highest BCUT2D eigenvalue weighted by Crippen LogP contribution is 2.37. The lowest BCUT2D eigenvalue weighted by atomic mass is 9.99. The van der Waals surface area contributed by atoms with Gasteiger partial charge in [0.1, 0.15) is 0 Å². The van der Waals surface area contributed by atoms with E-state index in [2.05, 4.69) is 31.9 Å². The molecule has 0 saturated heterocycles. The maximum atomic E-state index is 11.1. The molecule has 2 aromatic rings.